The van der Waals surface area contributed by atoms with E-state index in [1.807, 2.05) is 0 Å². The Hall–Kier alpha value is -1.38. The van der Waals surface area contributed by atoms with E-state index in [-0.39, 0.29) is 0 Å². The molecule has 0 aromatic heterocycles. The van der Waals surface area contributed by atoms with Crippen LogP contribution in [0.1, 0.15) is 38.8 Å². The fourth-order valence-corrected chi connectivity index (χ4v) is 2.81. The van der Waals surface area contributed by atoms with Crippen LogP contribution in [0.4, 0.5) is 11.4 Å². The van der Waals surface area contributed by atoms with Crippen LogP contribution in [0.3, 0.4) is 0 Å². The molecule has 0 heterocycles. The van der Waals surface area contributed by atoms with Gasteiger partial charge in [0.25, 0.3) is 0 Å². The highest BCUT2D eigenvalue weighted by Gasteiger charge is 2.07. The quantitative estimate of drug-likeness (QED) is 0.628. The zero-order valence-corrected chi connectivity index (χ0v) is 16.5. The van der Waals surface area contributed by atoms with Gasteiger partial charge in [-0.25, -0.2) is 0 Å². The number of halogens is 2. The lowest BCUT2D eigenvalue weighted by Gasteiger charge is -2.14. The van der Waals surface area contributed by atoms with Crippen molar-refractivity contribution >= 4 is 34.6 Å². The first-order chi connectivity index (χ1) is 11.2. The van der Waals surface area contributed by atoms with Crippen LogP contribution in [0.15, 0.2) is 36.4 Å². The lowest BCUT2D eigenvalue weighted by atomic mass is 9.95. The topological polar surface area (TPSA) is 52.0 Å². The van der Waals surface area contributed by atoms with Gasteiger partial charge in [-0.3, -0.25) is 0 Å². The predicted molar refractivity (Wildman–Crippen MR) is 109 cm³/mol. The summed E-state index contributed by atoms with van der Waals surface area (Å²) in [4.78, 5) is 0. The molecule has 4 N–H and O–H groups in total. The molecule has 0 fully saturated rings. The van der Waals surface area contributed by atoms with E-state index in [9.17, 15) is 0 Å². The molecule has 2 rings (SSSR count). The van der Waals surface area contributed by atoms with Gasteiger partial charge in [0.2, 0.25) is 0 Å². The normalized spacial score (nSPS) is 10.7. The van der Waals surface area contributed by atoms with E-state index in [1.165, 1.54) is 11.1 Å². The number of nitrogens with two attached hydrogens (primary N) is 2. The number of nitrogen functional groups attached to an aromatic ring is 2. The summed E-state index contributed by atoms with van der Waals surface area (Å²) in [5, 5.41) is 1.00. The maximum atomic E-state index is 6.18. The van der Waals surface area contributed by atoms with Gasteiger partial charge in [-0.1, -0.05) is 75.2 Å². The Kier molecular flexibility index (Phi) is 8.44. The van der Waals surface area contributed by atoms with Gasteiger partial charge in [-0.2, -0.15) is 0 Å². The van der Waals surface area contributed by atoms with Crippen molar-refractivity contribution < 1.29 is 0 Å². The van der Waals surface area contributed by atoms with E-state index in [4.69, 9.17) is 34.7 Å². The molecule has 132 valence electrons. The van der Waals surface area contributed by atoms with Crippen LogP contribution in [0.5, 0.6) is 0 Å². The lowest BCUT2D eigenvalue weighted by molar-refractivity contribution is 0.638. The molecule has 4 heteroatoms. The second-order valence-electron chi connectivity index (χ2n) is 6.82. The first-order valence-electron chi connectivity index (χ1n) is 8.28. The average molecular weight is 367 g/mol. The minimum Gasteiger partial charge on any atom is -0.398 e. The third-order valence-electron chi connectivity index (χ3n) is 3.54. The highest BCUT2D eigenvalue weighted by molar-refractivity contribution is 6.38. The van der Waals surface area contributed by atoms with Gasteiger partial charge in [0, 0.05) is 5.69 Å². The molecule has 2 aromatic carbocycles. The Labute approximate surface area is 156 Å². The summed E-state index contributed by atoms with van der Waals surface area (Å²) >= 11 is 11.2. The second kappa shape index (κ2) is 9.80. The van der Waals surface area contributed by atoms with Crippen molar-refractivity contribution in [3.05, 3.63) is 57.6 Å². The van der Waals surface area contributed by atoms with Gasteiger partial charge in [0.1, 0.15) is 0 Å². The Bertz CT molecular complexity index is 604. The van der Waals surface area contributed by atoms with E-state index in [0.717, 1.165) is 18.5 Å². The molecule has 24 heavy (non-hydrogen) atoms. The fraction of sp³-hybridized carbons (Fsp3) is 0.400. The van der Waals surface area contributed by atoms with Gasteiger partial charge >= 0.3 is 0 Å². The van der Waals surface area contributed by atoms with Gasteiger partial charge < -0.3 is 11.5 Å². The van der Waals surface area contributed by atoms with Gasteiger partial charge in [-0.15, -0.1) is 0 Å². The molecule has 2 aromatic rings. The summed E-state index contributed by atoms with van der Waals surface area (Å²) < 4.78 is 0. The summed E-state index contributed by atoms with van der Waals surface area (Å²) in [7, 11) is 0. The average Bonchev–Trinajstić information content (AvgIpc) is 2.49. The van der Waals surface area contributed by atoms with Crippen LogP contribution < -0.4 is 11.5 Å². The monoisotopic (exact) mass is 366 g/mol. The number of hydrogen-bond donors (Lipinski definition) is 2. The van der Waals surface area contributed by atoms with Crippen molar-refractivity contribution in [3.63, 3.8) is 0 Å². The molecule has 0 aliphatic heterocycles. The van der Waals surface area contributed by atoms with Gasteiger partial charge in [0.05, 0.1) is 15.7 Å². The van der Waals surface area contributed by atoms with Crippen LogP contribution in [0, 0.1) is 11.8 Å². The zero-order chi connectivity index (χ0) is 18.3. The van der Waals surface area contributed by atoms with Crippen molar-refractivity contribution in [2.24, 2.45) is 11.8 Å². The van der Waals surface area contributed by atoms with Crippen molar-refractivity contribution in [2.75, 3.05) is 11.5 Å². The molecule has 0 amide bonds. The summed E-state index contributed by atoms with van der Waals surface area (Å²) in [5.41, 5.74) is 15.7. The maximum absolute atomic E-state index is 6.18. The van der Waals surface area contributed by atoms with Crippen molar-refractivity contribution in [1.82, 2.24) is 0 Å². The summed E-state index contributed by atoms with van der Waals surface area (Å²) in [5.74, 6) is 1.34. The minimum atomic E-state index is 0.445. The number of hydrogen-bond acceptors (Lipinski definition) is 2. The van der Waals surface area contributed by atoms with E-state index in [0.29, 0.717) is 27.6 Å². The number of anilines is 2. The molecule has 0 aliphatic rings. The highest BCUT2D eigenvalue weighted by Crippen LogP contribution is 2.26. The van der Waals surface area contributed by atoms with Gasteiger partial charge in [-0.05, 0) is 47.9 Å². The Morgan fingerprint density at radius 3 is 1.42 bits per heavy atom. The summed E-state index contributed by atoms with van der Waals surface area (Å²) in [6.45, 7) is 8.92. The Balaban J connectivity index is 0.000000272. The largest absolute Gasteiger partial charge is 0.398 e. The van der Waals surface area contributed by atoms with Crippen LogP contribution in [-0.2, 0) is 12.8 Å². The summed E-state index contributed by atoms with van der Waals surface area (Å²) in [6, 6.07) is 11.6. The van der Waals surface area contributed by atoms with Crippen molar-refractivity contribution in [2.45, 2.75) is 40.5 Å². The van der Waals surface area contributed by atoms with E-state index in [1.54, 1.807) is 18.2 Å². The lowest BCUT2D eigenvalue weighted by Crippen LogP contribution is -2.05. The number of para-hydroxylation sites is 2. The third kappa shape index (κ3) is 6.62. The van der Waals surface area contributed by atoms with E-state index < -0.39 is 0 Å². The van der Waals surface area contributed by atoms with Crippen LogP contribution in [0.25, 0.3) is 0 Å². The zero-order valence-electron chi connectivity index (χ0n) is 14.9. The third-order valence-corrected chi connectivity index (χ3v) is 4.20. The fourth-order valence-electron chi connectivity index (χ4n) is 2.41. The first kappa shape index (κ1) is 20.7. The highest BCUT2D eigenvalue weighted by atomic mass is 35.5. The Morgan fingerprint density at radius 2 is 1.08 bits per heavy atom. The van der Waals surface area contributed by atoms with Crippen molar-refractivity contribution in [3.8, 4) is 0 Å². The van der Waals surface area contributed by atoms with Crippen LogP contribution in [-0.4, -0.2) is 0 Å². The standard InChI is InChI=1S/C14H23N.C6H5Cl2N/c1-10(2)8-12-6-5-7-13(14(12)15)9-11(3)4;7-4-2-1-3-5(8)6(4)9/h5-7,10-11H,8-9,15H2,1-4H3;1-3H,9H2. The molecule has 0 atom stereocenters. The van der Waals surface area contributed by atoms with Crippen LogP contribution in [0.2, 0.25) is 10.0 Å². The maximum Gasteiger partial charge on any atom is 0.0692 e. The molecular weight excluding hydrogens is 339 g/mol. The summed E-state index contributed by atoms with van der Waals surface area (Å²) in [6.07, 6.45) is 2.16. The predicted octanol–water partition coefficient (Wildman–Crippen LogP) is 6.24. The molecule has 0 aliphatic carbocycles. The number of benzene rings is 2. The SMILES string of the molecule is CC(C)Cc1cccc(CC(C)C)c1N.Nc1c(Cl)cccc1Cl. The van der Waals surface area contributed by atoms with Crippen LogP contribution >= 0.6 is 23.2 Å². The number of rotatable bonds is 4. The molecule has 0 saturated heterocycles. The molecule has 0 unspecified atom stereocenters. The van der Waals surface area contributed by atoms with Gasteiger partial charge in [0.15, 0.2) is 0 Å². The van der Waals surface area contributed by atoms with Crippen molar-refractivity contribution in [1.29, 1.82) is 0 Å². The van der Waals surface area contributed by atoms with E-state index >= 15 is 0 Å². The molecule has 0 saturated carbocycles. The minimum absolute atomic E-state index is 0.445. The molecule has 0 bridgehead atoms. The molecule has 0 spiro atoms. The molecule has 2 nitrogen and oxygen atoms in total. The van der Waals surface area contributed by atoms with E-state index in [2.05, 4.69) is 45.9 Å². The molecular formula is C20H28Cl2N2. The second-order valence-corrected chi connectivity index (χ2v) is 7.64. The molecule has 0 radical (unpaired) electrons. The first-order valence-corrected chi connectivity index (χ1v) is 9.03. The smallest absolute Gasteiger partial charge is 0.0692 e. The Morgan fingerprint density at radius 1 is 0.708 bits per heavy atom.